The first-order valence-corrected chi connectivity index (χ1v) is 6.16. The molecule has 0 unspecified atom stereocenters. The lowest BCUT2D eigenvalue weighted by atomic mass is 9.81. The molecule has 0 aromatic carbocycles. The molecule has 1 saturated carbocycles. The van der Waals surface area contributed by atoms with Gasteiger partial charge in [0.2, 0.25) is 11.9 Å². The number of nitrogens with one attached hydrogen (secondary N) is 2. The number of nitrogen functional groups attached to an aromatic ring is 1. The Kier molecular flexibility index (Phi) is 3.64. The molecule has 90 valence electrons. The van der Waals surface area contributed by atoms with Gasteiger partial charge < -0.3 is 11.1 Å². The highest BCUT2D eigenvalue weighted by molar-refractivity contribution is 5.29. The lowest BCUT2D eigenvalue weighted by Gasteiger charge is -2.25. The normalized spacial score (nSPS) is 25.6. The highest BCUT2D eigenvalue weighted by Gasteiger charge is 2.17. The van der Waals surface area contributed by atoms with Gasteiger partial charge >= 0.3 is 0 Å². The second kappa shape index (κ2) is 5.18. The zero-order chi connectivity index (χ0) is 11.4. The maximum Gasteiger partial charge on any atom is 0.243 e. The fourth-order valence-corrected chi connectivity index (χ4v) is 2.36. The maximum atomic E-state index is 5.44. The molecule has 1 fully saturated rings. The molecule has 16 heavy (non-hydrogen) atoms. The van der Waals surface area contributed by atoms with Crippen molar-refractivity contribution >= 4 is 11.9 Å². The molecular formula is C11H21N5. The smallest absolute Gasteiger partial charge is 0.243 e. The number of rotatable bonds is 4. The number of nitrogens with zero attached hydrogens (tertiary/aromatic N) is 2. The van der Waals surface area contributed by atoms with Gasteiger partial charge in [-0.1, -0.05) is 32.6 Å². The van der Waals surface area contributed by atoms with E-state index in [4.69, 9.17) is 5.73 Å². The summed E-state index contributed by atoms with van der Waals surface area (Å²) in [5, 5.41) is 9.75. The summed E-state index contributed by atoms with van der Waals surface area (Å²) in [6, 6.07) is 0. The Labute approximate surface area is 96.2 Å². The molecule has 0 saturated heterocycles. The molecule has 1 aliphatic rings. The van der Waals surface area contributed by atoms with Crippen molar-refractivity contribution in [2.75, 3.05) is 17.6 Å². The Morgan fingerprint density at radius 2 is 2.12 bits per heavy atom. The highest BCUT2D eigenvalue weighted by atomic mass is 15.3. The van der Waals surface area contributed by atoms with Gasteiger partial charge in [0.25, 0.3) is 0 Å². The third-order valence-electron chi connectivity index (χ3n) is 3.47. The number of nitrogens with two attached hydrogens (primary N) is 1. The first-order chi connectivity index (χ1) is 7.74. The van der Waals surface area contributed by atoms with Crippen LogP contribution in [0.5, 0.6) is 0 Å². The van der Waals surface area contributed by atoms with Crippen molar-refractivity contribution in [2.24, 2.45) is 11.8 Å². The maximum absolute atomic E-state index is 5.44. The van der Waals surface area contributed by atoms with E-state index < -0.39 is 0 Å². The van der Waals surface area contributed by atoms with Crippen molar-refractivity contribution in [3.63, 3.8) is 0 Å². The lowest BCUT2D eigenvalue weighted by molar-refractivity contribution is 0.282. The van der Waals surface area contributed by atoms with E-state index in [0.29, 0.717) is 11.9 Å². The van der Waals surface area contributed by atoms with Crippen LogP contribution in [-0.2, 0) is 0 Å². The third kappa shape index (κ3) is 3.12. The van der Waals surface area contributed by atoms with Gasteiger partial charge in [-0.2, -0.15) is 4.98 Å². The van der Waals surface area contributed by atoms with Gasteiger partial charge in [-0.25, -0.2) is 5.10 Å². The number of aromatic nitrogens is 3. The van der Waals surface area contributed by atoms with Crippen LogP contribution in [-0.4, -0.2) is 21.7 Å². The summed E-state index contributed by atoms with van der Waals surface area (Å²) >= 11 is 0. The zero-order valence-corrected chi connectivity index (χ0v) is 9.87. The summed E-state index contributed by atoms with van der Waals surface area (Å²) in [6.45, 7) is 3.29. The van der Waals surface area contributed by atoms with E-state index >= 15 is 0 Å². The molecule has 5 nitrogen and oxygen atoms in total. The van der Waals surface area contributed by atoms with Crippen molar-refractivity contribution in [2.45, 2.75) is 39.0 Å². The van der Waals surface area contributed by atoms with Gasteiger partial charge in [0.15, 0.2) is 0 Å². The molecule has 1 heterocycles. The Bertz CT molecular complexity index is 314. The second-order valence-corrected chi connectivity index (χ2v) is 4.89. The number of hydrogen-bond acceptors (Lipinski definition) is 4. The van der Waals surface area contributed by atoms with Gasteiger partial charge in [-0.15, -0.1) is 5.10 Å². The van der Waals surface area contributed by atoms with E-state index in [0.717, 1.165) is 18.4 Å². The van der Waals surface area contributed by atoms with E-state index in [1.165, 1.54) is 32.1 Å². The van der Waals surface area contributed by atoms with Crippen LogP contribution in [0.1, 0.15) is 39.0 Å². The number of aromatic amines is 1. The Morgan fingerprint density at radius 1 is 1.38 bits per heavy atom. The largest absolute Gasteiger partial charge is 0.368 e. The number of hydrogen-bond donors (Lipinski definition) is 3. The van der Waals surface area contributed by atoms with Gasteiger partial charge in [-0.05, 0) is 18.3 Å². The molecular weight excluding hydrogens is 202 g/mol. The quantitative estimate of drug-likeness (QED) is 0.729. The standard InChI is InChI=1S/C11H21N5/c1-8-2-4-9(5-3-8)6-7-13-11-14-10(12)15-16-11/h8-9H,2-7H2,1H3,(H4,12,13,14,15,16). The number of anilines is 2. The number of H-pyrrole nitrogens is 1. The topological polar surface area (TPSA) is 79.6 Å². The van der Waals surface area contributed by atoms with Crippen LogP contribution in [0.15, 0.2) is 0 Å². The SMILES string of the molecule is CC1CCC(CCNc2n[nH]c(N)n2)CC1. The summed E-state index contributed by atoms with van der Waals surface area (Å²) in [7, 11) is 0. The van der Waals surface area contributed by atoms with E-state index in [1.807, 2.05) is 0 Å². The molecule has 0 spiro atoms. The molecule has 0 aliphatic heterocycles. The average Bonchev–Trinajstić information content (AvgIpc) is 2.67. The highest BCUT2D eigenvalue weighted by Crippen LogP contribution is 2.30. The molecule has 1 aromatic heterocycles. The minimum absolute atomic E-state index is 0.369. The Balaban J connectivity index is 1.64. The average molecular weight is 223 g/mol. The fourth-order valence-electron chi connectivity index (χ4n) is 2.36. The van der Waals surface area contributed by atoms with Crippen molar-refractivity contribution in [1.29, 1.82) is 0 Å². The van der Waals surface area contributed by atoms with Gasteiger partial charge in [0.1, 0.15) is 0 Å². The van der Waals surface area contributed by atoms with Crippen LogP contribution in [0.3, 0.4) is 0 Å². The van der Waals surface area contributed by atoms with Crippen LogP contribution < -0.4 is 11.1 Å². The summed E-state index contributed by atoms with van der Waals surface area (Å²) in [4.78, 5) is 4.01. The Morgan fingerprint density at radius 3 is 2.75 bits per heavy atom. The predicted molar refractivity (Wildman–Crippen MR) is 65.0 cm³/mol. The van der Waals surface area contributed by atoms with Crippen molar-refractivity contribution in [3.05, 3.63) is 0 Å². The summed E-state index contributed by atoms with van der Waals surface area (Å²) in [5.74, 6) is 2.78. The Hall–Kier alpha value is -1.26. The molecule has 2 rings (SSSR count). The molecule has 0 atom stereocenters. The van der Waals surface area contributed by atoms with Crippen LogP contribution in [0.2, 0.25) is 0 Å². The molecule has 0 amide bonds. The van der Waals surface area contributed by atoms with Crippen molar-refractivity contribution in [3.8, 4) is 0 Å². The zero-order valence-electron chi connectivity index (χ0n) is 9.87. The van der Waals surface area contributed by atoms with Gasteiger partial charge in [0, 0.05) is 6.54 Å². The van der Waals surface area contributed by atoms with Crippen molar-refractivity contribution < 1.29 is 0 Å². The third-order valence-corrected chi connectivity index (χ3v) is 3.47. The minimum atomic E-state index is 0.369. The van der Waals surface area contributed by atoms with Gasteiger partial charge in [0.05, 0.1) is 0 Å². The summed E-state index contributed by atoms with van der Waals surface area (Å²) < 4.78 is 0. The monoisotopic (exact) mass is 223 g/mol. The minimum Gasteiger partial charge on any atom is -0.368 e. The first-order valence-electron chi connectivity index (χ1n) is 6.16. The molecule has 4 N–H and O–H groups in total. The van der Waals surface area contributed by atoms with E-state index in [-0.39, 0.29) is 0 Å². The molecule has 0 radical (unpaired) electrons. The van der Waals surface area contributed by atoms with Crippen LogP contribution in [0.4, 0.5) is 11.9 Å². The lowest BCUT2D eigenvalue weighted by Crippen LogP contribution is -2.16. The summed E-state index contributed by atoms with van der Waals surface area (Å²) in [5.41, 5.74) is 5.44. The van der Waals surface area contributed by atoms with E-state index in [1.54, 1.807) is 0 Å². The van der Waals surface area contributed by atoms with Gasteiger partial charge in [-0.3, -0.25) is 0 Å². The molecule has 5 heteroatoms. The van der Waals surface area contributed by atoms with Crippen LogP contribution >= 0.6 is 0 Å². The fraction of sp³-hybridized carbons (Fsp3) is 0.818. The van der Waals surface area contributed by atoms with Crippen molar-refractivity contribution in [1.82, 2.24) is 15.2 Å². The summed E-state index contributed by atoms with van der Waals surface area (Å²) in [6.07, 6.45) is 6.73. The molecule has 1 aromatic rings. The predicted octanol–water partition coefficient (Wildman–Crippen LogP) is 2.02. The van der Waals surface area contributed by atoms with Crippen LogP contribution in [0, 0.1) is 11.8 Å². The molecule has 0 bridgehead atoms. The first kappa shape index (κ1) is 11.2. The van der Waals surface area contributed by atoms with E-state index in [9.17, 15) is 0 Å². The van der Waals surface area contributed by atoms with Crippen LogP contribution in [0.25, 0.3) is 0 Å². The molecule has 1 aliphatic carbocycles. The second-order valence-electron chi connectivity index (χ2n) is 4.89. The van der Waals surface area contributed by atoms with E-state index in [2.05, 4.69) is 27.4 Å².